The first-order chi connectivity index (χ1) is 6.74. The molecule has 1 aromatic rings. The van der Waals surface area contributed by atoms with E-state index in [1.54, 1.807) is 11.3 Å². The van der Waals surface area contributed by atoms with E-state index in [0.717, 1.165) is 24.7 Å². The van der Waals surface area contributed by atoms with Crippen LogP contribution in [-0.2, 0) is 6.54 Å². The SMILES string of the molecule is Cc1csc(CNCC2(CCl)CC2)n1. The Hall–Kier alpha value is -0.120. The van der Waals surface area contributed by atoms with Crippen LogP contribution in [0.5, 0.6) is 0 Å². The molecule has 78 valence electrons. The maximum Gasteiger partial charge on any atom is 0.107 e. The fourth-order valence-electron chi connectivity index (χ4n) is 1.45. The van der Waals surface area contributed by atoms with Crippen molar-refractivity contribution in [1.82, 2.24) is 10.3 Å². The Bertz CT molecular complexity index is 307. The van der Waals surface area contributed by atoms with Crippen LogP contribution in [0.4, 0.5) is 0 Å². The molecular weight excluding hydrogens is 216 g/mol. The fraction of sp³-hybridized carbons (Fsp3) is 0.700. The van der Waals surface area contributed by atoms with Crippen molar-refractivity contribution in [2.24, 2.45) is 5.41 Å². The van der Waals surface area contributed by atoms with Crippen LogP contribution in [0.2, 0.25) is 0 Å². The molecule has 0 spiro atoms. The molecule has 4 heteroatoms. The Balaban J connectivity index is 1.73. The van der Waals surface area contributed by atoms with Crippen LogP contribution < -0.4 is 5.32 Å². The minimum absolute atomic E-state index is 0.411. The molecule has 2 nitrogen and oxygen atoms in total. The monoisotopic (exact) mass is 230 g/mol. The number of thiazole rings is 1. The van der Waals surface area contributed by atoms with Gasteiger partial charge in [0.1, 0.15) is 5.01 Å². The van der Waals surface area contributed by atoms with Crippen LogP contribution in [-0.4, -0.2) is 17.4 Å². The van der Waals surface area contributed by atoms with E-state index < -0.39 is 0 Å². The molecule has 2 rings (SSSR count). The molecule has 1 aliphatic carbocycles. The van der Waals surface area contributed by atoms with Crippen molar-refractivity contribution in [2.75, 3.05) is 12.4 Å². The molecule has 1 aliphatic rings. The van der Waals surface area contributed by atoms with Gasteiger partial charge in [-0.15, -0.1) is 22.9 Å². The highest BCUT2D eigenvalue weighted by Gasteiger charge is 2.41. The van der Waals surface area contributed by atoms with Crippen molar-refractivity contribution in [1.29, 1.82) is 0 Å². The number of hydrogen-bond donors (Lipinski definition) is 1. The molecular formula is C10H15ClN2S. The summed E-state index contributed by atoms with van der Waals surface area (Å²) in [5.74, 6) is 0.789. The zero-order valence-electron chi connectivity index (χ0n) is 8.35. The van der Waals surface area contributed by atoms with Crippen LogP contribution in [0.1, 0.15) is 23.5 Å². The van der Waals surface area contributed by atoms with Gasteiger partial charge >= 0.3 is 0 Å². The van der Waals surface area contributed by atoms with Crippen molar-refractivity contribution in [2.45, 2.75) is 26.3 Å². The van der Waals surface area contributed by atoms with Crippen molar-refractivity contribution in [3.05, 3.63) is 16.1 Å². The first-order valence-electron chi connectivity index (χ1n) is 4.92. The molecule has 0 bridgehead atoms. The van der Waals surface area contributed by atoms with E-state index in [2.05, 4.69) is 15.7 Å². The van der Waals surface area contributed by atoms with E-state index in [9.17, 15) is 0 Å². The molecule has 0 atom stereocenters. The minimum Gasteiger partial charge on any atom is -0.310 e. The van der Waals surface area contributed by atoms with Gasteiger partial charge in [0.2, 0.25) is 0 Å². The molecule has 0 aliphatic heterocycles. The van der Waals surface area contributed by atoms with E-state index in [1.165, 1.54) is 17.8 Å². The van der Waals surface area contributed by atoms with E-state index in [1.807, 2.05) is 6.92 Å². The van der Waals surface area contributed by atoms with E-state index in [-0.39, 0.29) is 0 Å². The highest BCUT2D eigenvalue weighted by molar-refractivity contribution is 7.09. The summed E-state index contributed by atoms with van der Waals surface area (Å²) in [5.41, 5.74) is 1.53. The second kappa shape index (κ2) is 4.17. The molecule has 1 aromatic heterocycles. The summed E-state index contributed by atoms with van der Waals surface area (Å²) >= 11 is 7.61. The molecule has 0 unspecified atom stereocenters. The maximum absolute atomic E-state index is 5.89. The molecule has 0 saturated heterocycles. The topological polar surface area (TPSA) is 24.9 Å². The number of halogens is 1. The number of alkyl halides is 1. The summed E-state index contributed by atoms with van der Waals surface area (Å²) in [6.45, 7) is 3.95. The second-order valence-corrected chi connectivity index (χ2v) is 5.33. The predicted octanol–water partition coefficient (Wildman–Crippen LogP) is 2.56. The fourth-order valence-corrected chi connectivity index (χ4v) is 2.56. The van der Waals surface area contributed by atoms with Crippen LogP contribution >= 0.6 is 22.9 Å². The normalized spacial score (nSPS) is 18.4. The zero-order valence-corrected chi connectivity index (χ0v) is 9.92. The molecule has 0 aromatic carbocycles. The van der Waals surface area contributed by atoms with Gasteiger partial charge in [0.15, 0.2) is 0 Å². The maximum atomic E-state index is 5.89. The summed E-state index contributed by atoms with van der Waals surface area (Å²) in [7, 11) is 0. The molecule has 1 fully saturated rings. The Morgan fingerprint density at radius 2 is 2.43 bits per heavy atom. The number of nitrogens with one attached hydrogen (secondary N) is 1. The van der Waals surface area contributed by atoms with Gasteiger partial charge in [-0.05, 0) is 25.2 Å². The zero-order chi connectivity index (χ0) is 10.0. The van der Waals surface area contributed by atoms with Crippen LogP contribution in [0, 0.1) is 12.3 Å². The Kier molecular flexibility index (Phi) is 3.10. The average Bonchev–Trinajstić information content (AvgIpc) is 2.84. The Labute approximate surface area is 93.7 Å². The molecule has 0 radical (unpaired) electrons. The molecule has 1 heterocycles. The van der Waals surface area contributed by atoms with Gasteiger partial charge in [0.05, 0.1) is 0 Å². The lowest BCUT2D eigenvalue weighted by Gasteiger charge is -2.10. The van der Waals surface area contributed by atoms with Crippen LogP contribution in [0.3, 0.4) is 0 Å². The van der Waals surface area contributed by atoms with E-state index in [4.69, 9.17) is 11.6 Å². The molecule has 1 N–H and O–H groups in total. The third kappa shape index (κ3) is 2.47. The Morgan fingerprint density at radius 3 is 2.93 bits per heavy atom. The third-order valence-electron chi connectivity index (χ3n) is 2.68. The summed E-state index contributed by atoms with van der Waals surface area (Å²) in [6.07, 6.45) is 2.56. The average molecular weight is 231 g/mol. The lowest BCUT2D eigenvalue weighted by Crippen LogP contribution is -2.24. The van der Waals surface area contributed by atoms with Crippen molar-refractivity contribution in [3.8, 4) is 0 Å². The van der Waals surface area contributed by atoms with Crippen molar-refractivity contribution in [3.63, 3.8) is 0 Å². The number of aryl methyl sites for hydroxylation is 1. The predicted molar refractivity (Wildman–Crippen MR) is 60.9 cm³/mol. The van der Waals surface area contributed by atoms with Gasteiger partial charge in [0, 0.05) is 30.0 Å². The first kappa shape index (κ1) is 10.4. The highest BCUT2D eigenvalue weighted by Crippen LogP contribution is 2.45. The smallest absolute Gasteiger partial charge is 0.107 e. The minimum atomic E-state index is 0.411. The Morgan fingerprint density at radius 1 is 1.64 bits per heavy atom. The molecule has 14 heavy (non-hydrogen) atoms. The van der Waals surface area contributed by atoms with Crippen LogP contribution in [0.15, 0.2) is 5.38 Å². The second-order valence-electron chi connectivity index (χ2n) is 4.12. The highest BCUT2D eigenvalue weighted by atomic mass is 35.5. The number of rotatable bonds is 5. The van der Waals surface area contributed by atoms with Gasteiger partial charge in [-0.25, -0.2) is 4.98 Å². The van der Waals surface area contributed by atoms with Gasteiger partial charge in [-0.2, -0.15) is 0 Å². The summed E-state index contributed by atoms with van der Waals surface area (Å²) in [6, 6.07) is 0. The van der Waals surface area contributed by atoms with Gasteiger partial charge in [-0.1, -0.05) is 0 Å². The number of hydrogen-bond acceptors (Lipinski definition) is 3. The summed E-state index contributed by atoms with van der Waals surface area (Å²) in [5, 5.41) is 6.69. The lowest BCUT2D eigenvalue weighted by molar-refractivity contribution is 0.504. The molecule has 0 amide bonds. The van der Waals surface area contributed by atoms with Crippen molar-refractivity contribution < 1.29 is 0 Å². The largest absolute Gasteiger partial charge is 0.310 e. The number of nitrogens with zero attached hydrogens (tertiary/aromatic N) is 1. The molecule has 1 saturated carbocycles. The van der Waals surface area contributed by atoms with Gasteiger partial charge < -0.3 is 5.32 Å². The van der Waals surface area contributed by atoms with Gasteiger partial charge in [0.25, 0.3) is 0 Å². The number of aromatic nitrogens is 1. The summed E-state index contributed by atoms with van der Waals surface area (Å²) < 4.78 is 0. The van der Waals surface area contributed by atoms with E-state index >= 15 is 0 Å². The quantitative estimate of drug-likeness (QED) is 0.787. The lowest BCUT2D eigenvalue weighted by atomic mass is 10.1. The van der Waals surface area contributed by atoms with Crippen LogP contribution in [0.25, 0.3) is 0 Å². The van der Waals surface area contributed by atoms with E-state index in [0.29, 0.717) is 5.41 Å². The first-order valence-corrected chi connectivity index (χ1v) is 6.33. The standard InChI is InChI=1S/C10H15ClN2S/c1-8-5-14-9(13-8)4-12-7-10(6-11)2-3-10/h5,12H,2-4,6-7H2,1H3. The third-order valence-corrected chi connectivity index (χ3v) is 4.22. The van der Waals surface area contributed by atoms with Gasteiger partial charge in [-0.3, -0.25) is 0 Å². The van der Waals surface area contributed by atoms with Crippen molar-refractivity contribution >= 4 is 22.9 Å². The summed E-state index contributed by atoms with van der Waals surface area (Å²) in [4.78, 5) is 4.40.